The van der Waals surface area contributed by atoms with E-state index >= 15 is 0 Å². The number of nitrogens with zero attached hydrogens (tertiary/aromatic N) is 3. The lowest BCUT2D eigenvalue weighted by Crippen LogP contribution is -2.59. The predicted molar refractivity (Wildman–Crippen MR) is 133 cm³/mol. The SMILES string of the molecule is CN1CCN(c2ccc3cc(/C=C(\C#N)S(=O)(=O)NC[C@H]4OC(O)[C@H](O)[C@@H](O)[C@@H]4O)ccc3c2)CC1. The molecule has 0 radical (unpaired) electrons. The minimum absolute atomic E-state index is 0.514. The second kappa shape index (κ2) is 10.8. The van der Waals surface area contributed by atoms with Crippen LogP contribution in [0.4, 0.5) is 5.69 Å². The van der Waals surface area contributed by atoms with Gasteiger partial charge in [-0.1, -0.05) is 18.2 Å². The standard InChI is InChI=1S/C24H30N4O7S/c1-27-6-8-28(9-7-27)18-5-4-16-10-15(2-3-17(16)12-18)11-19(13-25)36(33,34)26-14-20-21(29)22(30)23(31)24(32)35-20/h2-5,10-12,20-24,26,29-32H,6-9,14H2,1H3/b19-11+/t20-,21-,22+,23-,24?/m1/s1. The third kappa shape index (κ3) is 5.69. The molecule has 2 saturated heterocycles. The van der Waals surface area contributed by atoms with Crippen LogP contribution in [0.25, 0.3) is 16.8 Å². The van der Waals surface area contributed by atoms with Gasteiger partial charge in [-0.25, -0.2) is 13.1 Å². The molecule has 194 valence electrons. The lowest BCUT2D eigenvalue weighted by Gasteiger charge is -2.38. The number of nitriles is 1. The van der Waals surface area contributed by atoms with Crippen LogP contribution in [-0.2, 0) is 14.8 Å². The Balaban J connectivity index is 1.48. The lowest BCUT2D eigenvalue weighted by molar-refractivity contribution is -0.279. The third-order valence-corrected chi connectivity index (χ3v) is 7.91. The molecule has 2 aliphatic rings. The van der Waals surface area contributed by atoms with E-state index < -0.39 is 52.2 Å². The van der Waals surface area contributed by atoms with Crippen LogP contribution in [0.1, 0.15) is 5.56 Å². The van der Waals surface area contributed by atoms with Crippen molar-refractivity contribution in [1.29, 1.82) is 5.26 Å². The van der Waals surface area contributed by atoms with Crippen LogP contribution < -0.4 is 9.62 Å². The summed E-state index contributed by atoms with van der Waals surface area (Å²) in [6, 6.07) is 13.1. The Morgan fingerprint density at radius 3 is 2.42 bits per heavy atom. The van der Waals surface area contributed by atoms with Crippen molar-refractivity contribution >= 4 is 32.6 Å². The maximum Gasteiger partial charge on any atom is 0.250 e. The zero-order chi connectivity index (χ0) is 26.0. The van der Waals surface area contributed by atoms with Crippen molar-refractivity contribution in [1.82, 2.24) is 9.62 Å². The van der Waals surface area contributed by atoms with Crippen molar-refractivity contribution in [3.8, 4) is 6.07 Å². The molecule has 0 saturated carbocycles. The number of aliphatic hydroxyl groups is 4. The Bertz CT molecular complexity index is 1270. The third-order valence-electron chi connectivity index (χ3n) is 6.58. The topological polar surface area (TPSA) is 167 Å². The molecule has 2 aromatic carbocycles. The molecule has 2 aromatic rings. The van der Waals surface area contributed by atoms with Crippen LogP contribution in [0.15, 0.2) is 41.3 Å². The number of fused-ring (bicyclic) bond motifs is 1. The number of ether oxygens (including phenoxy) is 1. The smallest absolute Gasteiger partial charge is 0.250 e. The fourth-order valence-electron chi connectivity index (χ4n) is 4.29. The van der Waals surface area contributed by atoms with Crippen LogP contribution in [0.5, 0.6) is 0 Å². The highest BCUT2D eigenvalue weighted by Crippen LogP contribution is 2.25. The van der Waals surface area contributed by atoms with Gasteiger partial charge in [0.2, 0.25) is 0 Å². The summed E-state index contributed by atoms with van der Waals surface area (Å²) in [4.78, 5) is 4.06. The predicted octanol–water partition coefficient (Wildman–Crippen LogP) is -0.825. The molecule has 2 aliphatic heterocycles. The summed E-state index contributed by atoms with van der Waals surface area (Å²) in [5.41, 5.74) is 1.64. The fourth-order valence-corrected chi connectivity index (χ4v) is 5.24. The van der Waals surface area contributed by atoms with E-state index in [1.165, 1.54) is 6.08 Å². The number of rotatable bonds is 6. The van der Waals surface area contributed by atoms with E-state index in [9.17, 15) is 34.1 Å². The number of nitrogens with one attached hydrogen (secondary N) is 1. The minimum Gasteiger partial charge on any atom is -0.388 e. The van der Waals surface area contributed by atoms with Gasteiger partial charge in [-0.15, -0.1) is 0 Å². The first kappa shape index (κ1) is 26.5. The fraction of sp³-hybridized carbons (Fsp3) is 0.458. The molecule has 4 rings (SSSR count). The molecule has 0 aliphatic carbocycles. The Labute approximate surface area is 209 Å². The number of hydrogen-bond donors (Lipinski definition) is 5. The van der Waals surface area contributed by atoms with Crippen molar-refractivity contribution in [3.63, 3.8) is 0 Å². The van der Waals surface area contributed by atoms with Gasteiger partial charge in [-0.05, 0) is 47.7 Å². The van der Waals surface area contributed by atoms with E-state index in [2.05, 4.69) is 27.6 Å². The van der Waals surface area contributed by atoms with Crippen molar-refractivity contribution in [3.05, 3.63) is 46.9 Å². The summed E-state index contributed by atoms with van der Waals surface area (Å²) in [5, 5.41) is 50.3. The molecule has 1 unspecified atom stereocenters. The highest BCUT2D eigenvalue weighted by atomic mass is 32.2. The average molecular weight is 519 g/mol. The maximum absolute atomic E-state index is 12.7. The largest absolute Gasteiger partial charge is 0.388 e. The molecule has 2 heterocycles. The number of aliphatic hydroxyl groups excluding tert-OH is 4. The van der Waals surface area contributed by atoms with Gasteiger partial charge in [-0.2, -0.15) is 5.26 Å². The Morgan fingerprint density at radius 2 is 1.72 bits per heavy atom. The monoisotopic (exact) mass is 518 g/mol. The van der Waals surface area contributed by atoms with Gasteiger partial charge in [0.1, 0.15) is 30.5 Å². The Morgan fingerprint density at radius 1 is 1.06 bits per heavy atom. The van der Waals surface area contributed by atoms with Gasteiger partial charge in [0.25, 0.3) is 10.0 Å². The van der Waals surface area contributed by atoms with Crippen molar-refractivity contribution < 1.29 is 33.6 Å². The quantitative estimate of drug-likeness (QED) is 0.305. The van der Waals surface area contributed by atoms with Crippen LogP contribution in [-0.4, -0.2) is 104 Å². The van der Waals surface area contributed by atoms with Gasteiger partial charge in [-0.3, -0.25) is 0 Å². The minimum atomic E-state index is -4.30. The normalized spacial score (nSPS) is 28.3. The van der Waals surface area contributed by atoms with Crippen LogP contribution >= 0.6 is 0 Å². The molecule has 12 heteroatoms. The lowest BCUT2D eigenvalue weighted by atomic mass is 9.99. The molecule has 0 amide bonds. The van der Waals surface area contributed by atoms with Gasteiger partial charge < -0.3 is 35.0 Å². The zero-order valence-corrected chi connectivity index (χ0v) is 20.5. The van der Waals surface area contributed by atoms with Gasteiger partial charge in [0, 0.05) is 38.4 Å². The van der Waals surface area contributed by atoms with Gasteiger partial charge in [0.15, 0.2) is 11.2 Å². The number of benzene rings is 2. The highest BCUT2D eigenvalue weighted by Gasteiger charge is 2.43. The molecular formula is C24H30N4O7S. The second-order valence-electron chi connectivity index (χ2n) is 9.09. The Hall–Kier alpha value is -2.60. The molecule has 0 bridgehead atoms. The van der Waals surface area contributed by atoms with Gasteiger partial charge >= 0.3 is 0 Å². The van der Waals surface area contributed by atoms with E-state index in [1.807, 2.05) is 18.2 Å². The maximum atomic E-state index is 12.7. The molecule has 0 spiro atoms. The molecule has 5 atom stereocenters. The van der Waals surface area contributed by atoms with E-state index in [0.29, 0.717) is 5.56 Å². The van der Waals surface area contributed by atoms with E-state index in [1.54, 1.807) is 18.2 Å². The summed E-state index contributed by atoms with van der Waals surface area (Å²) < 4.78 is 32.6. The first-order valence-corrected chi connectivity index (χ1v) is 13.0. The van der Waals surface area contributed by atoms with E-state index in [-0.39, 0.29) is 0 Å². The summed E-state index contributed by atoms with van der Waals surface area (Å²) in [7, 11) is -2.20. The molecule has 0 aromatic heterocycles. The zero-order valence-electron chi connectivity index (χ0n) is 19.7. The number of hydrogen-bond acceptors (Lipinski definition) is 10. The number of anilines is 1. The number of likely N-dealkylation sites (N-methyl/N-ethyl adjacent to an activating group) is 1. The van der Waals surface area contributed by atoms with Crippen LogP contribution in [0, 0.1) is 11.3 Å². The van der Waals surface area contributed by atoms with Crippen molar-refractivity contribution in [2.75, 3.05) is 44.7 Å². The summed E-state index contributed by atoms with van der Waals surface area (Å²) in [6.45, 7) is 3.35. The van der Waals surface area contributed by atoms with E-state index in [0.717, 1.165) is 42.6 Å². The number of piperazine rings is 1. The summed E-state index contributed by atoms with van der Waals surface area (Å²) in [5.74, 6) is 0. The van der Waals surface area contributed by atoms with Crippen LogP contribution in [0.2, 0.25) is 0 Å². The van der Waals surface area contributed by atoms with Crippen molar-refractivity contribution in [2.24, 2.45) is 0 Å². The van der Waals surface area contributed by atoms with Crippen LogP contribution in [0.3, 0.4) is 0 Å². The molecule has 36 heavy (non-hydrogen) atoms. The first-order valence-electron chi connectivity index (χ1n) is 11.6. The first-order chi connectivity index (χ1) is 17.1. The molecule has 2 fully saturated rings. The molecule has 11 nitrogen and oxygen atoms in total. The second-order valence-corrected chi connectivity index (χ2v) is 10.8. The number of allylic oxidation sites excluding steroid dienone is 1. The summed E-state index contributed by atoms with van der Waals surface area (Å²) in [6.07, 6.45) is -6.98. The molecule has 5 N–H and O–H groups in total. The van der Waals surface area contributed by atoms with Crippen molar-refractivity contribution in [2.45, 2.75) is 30.7 Å². The summed E-state index contributed by atoms with van der Waals surface area (Å²) >= 11 is 0. The molecular weight excluding hydrogens is 488 g/mol. The highest BCUT2D eigenvalue weighted by molar-refractivity contribution is 7.93. The Kier molecular flexibility index (Phi) is 7.93. The van der Waals surface area contributed by atoms with E-state index in [4.69, 9.17) is 4.74 Å². The average Bonchev–Trinajstić information content (AvgIpc) is 2.87. The number of sulfonamides is 1. The van der Waals surface area contributed by atoms with Gasteiger partial charge in [0.05, 0.1) is 0 Å².